The predicted octanol–water partition coefficient (Wildman–Crippen LogP) is 2.35. The summed E-state index contributed by atoms with van der Waals surface area (Å²) in [5.41, 5.74) is 3.98. The van der Waals surface area contributed by atoms with Crippen LogP contribution in [-0.2, 0) is 20.4 Å². The normalized spacial score (nSPS) is 16.7. The molecule has 0 spiro atoms. The van der Waals surface area contributed by atoms with Gasteiger partial charge in [-0.2, -0.15) is 13.2 Å². The van der Waals surface area contributed by atoms with Gasteiger partial charge in [0.15, 0.2) is 0 Å². The zero-order valence-electron chi connectivity index (χ0n) is 15.7. The average molecular weight is 415 g/mol. The molecule has 0 saturated carbocycles. The van der Waals surface area contributed by atoms with Crippen LogP contribution in [0.4, 0.5) is 23.7 Å². The van der Waals surface area contributed by atoms with Crippen LogP contribution in [-0.4, -0.2) is 37.2 Å². The zero-order valence-corrected chi connectivity index (χ0v) is 15.7. The minimum absolute atomic E-state index is 0.0258. The van der Waals surface area contributed by atoms with Crippen molar-refractivity contribution < 1.29 is 37.0 Å². The number of halogens is 3. The van der Waals surface area contributed by atoms with E-state index in [1.54, 1.807) is 13.8 Å². The summed E-state index contributed by atoms with van der Waals surface area (Å²) in [4.78, 5) is 36.3. The van der Waals surface area contributed by atoms with Gasteiger partial charge in [0.25, 0.3) is 0 Å². The van der Waals surface area contributed by atoms with Crippen molar-refractivity contribution in [3.8, 4) is 0 Å². The van der Waals surface area contributed by atoms with E-state index in [2.05, 4.69) is 10.6 Å². The van der Waals surface area contributed by atoms with Gasteiger partial charge in [0, 0.05) is 5.69 Å². The summed E-state index contributed by atoms with van der Waals surface area (Å²) >= 11 is 0. The second kappa shape index (κ2) is 8.84. The summed E-state index contributed by atoms with van der Waals surface area (Å²) in [5, 5.41) is 4.95. The van der Waals surface area contributed by atoms with Gasteiger partial charge >= 0.3 is 24.1 Å². The molecule has 1 atom stereocenters. The largest absolute Gasteiger partial charge is 0.463 e. The van der Waals surface area contributed by atoms with E-state index >= 15 is 0 Å². The number of rotatable bonds is 6. The van der Waals surface area contributed by atoms with Gasteiger partial charge in [-0.05, 0) is 31.5 Å². The first-order valence-corrected chi connectivity index (χ1v) is 8.69. The monoisotopic (exact) mass is 415 g/mol. The van der Waals surface area contributed by atoms with E-state index in [0.717, 1.165) is 6.07 Å². The number of hydrogen-bond donors (Lipinski definition) is 3. The van der Waals surface area contributed by atoms with Crippen LogP contribution in [0.2, 0.25) is 0 Å². The van der Waals surface area contributed by atoms with Crippen LogP contribution < -0.4 is 16.4 Å². The smallest absolute Gasteiger partial charge is 0.416 e. The van der Waals surface area contributed by atoms with Crippen molar-refractivity contribution in [2.24, 2.45) is 0 Å². The van der Waals surface area contributed by atoms with Crippen molar-refractivity contribution in [3.05, 3.63) is 40.6 Å². The van der Waals surface area contributed by atoms with Crippen LogP contribution in [0, 0.1) is 0 Å². The third kappa shape index (κ3) is 5.18. The van der Waals surface area contributed by atoms with E-state index in [0.29, 0.717) is 18.6 Å². The Labute approximate surface area is 164 Å². The highest BCUT2D eigenvalue weighted by molar-refractivity contribution is 5.96. The Morgan fingerprint density at radius 3 is 2.41 bits per heavy atom. The van der Waals surface area contributed by atoms with Crippen LogP contribution in [0.25, 0.3) is 0 Å². The topological polar surface area (TPSA) is 120 Å². The van der Waals surface area contributed by atoms with Gasteiger partial charge in [0.1, 0.15) is 6.61 Å². The van der Waals surface area contributed by atoms with Gasteiger partial charge < -0.3 is 25.8 Å². The van der Waals surface area contributed by atoms with Crippen molar-refractivity contribution in [1.29, 1.82) is 0 Å². The second-order valence-electron chi connectivity index (χ2n) is 6.05. The first-order chi connectivity index (χ1) is 13.6. The SMILES string of the molecule is CCOC(=O)C1=C(COC(=O)c2ccc(C(F)(F)F)cc2N)NC(=O)N[C@H]1CC. The highest BCUT2D eigenvalue weighted by Gasteiger charge is 2.33. The van der Waals surface area contributed by atoms with Gasteiger partial charge in [-0.3, -0.25) is 0 Å². The lowest BCUT2D eigenvalue weighted by Gasteiger charge is -2.28. The maximum absolute atomic E-state index is 12.7. The quantitative estimate of drug-likeness (QED) is 0.485. The van der Waals surface area contributed by atoms with Gasteiger partial charge in [0.05, 0.1) is 35.0 Å². The number of amides is 2. The van der Waals surface area contributed by atoms with Crippen molar-refractivity contribution in [2.45, 2.75) is 32.5 Å². The Balaban J connectivity index is 2.24. The highest BCUT2D eigenvalue weighted by atomic mass is 19.4. The molecule has 0 unspecified atom stereocenters. The van der Waals surface area contributed by atoms with Crippen LogP contribution >= 0.6 is 0 Å². The van der Waals surface area contributed by atoms with Gasteiger partial charge in [-0.25, -0.2) is 14.4 Å². The lowest BCUT2D eigenvalue weighted by Crippen LogP contribution is -2.51. The van der Waals surface area contributed by atoms with Crippen molar-refractivity contribution in [2.75, 3.05) is 18.9 Å². The molecule has 158 valence electrons. The lowest BCUT2D eigenvalue weighted by molar-refractivity contribution is -0.139. The molecule has 8 nitrogen and oxygen atoms in total. The molecule has 0 aromatic heterocycles. The van der Waals surface area contributed by atoms with E-state index in [9.17, 15) is 27.6 Å². The molecule has 0 fully saturated rings. The Kier molecular flexibility index (Phi) is 6.72. The molecular weight excluding hydrogens is 395 g/mol. The fraction of sp³-hybridized carbons (Fsp3) is 0.389. The molecular formula is C18H20F3N3O5. The van der Waals surface area contributed by atoms with Crippen molar-refractivity contribution in [1.82, 2.24) is 10.6 Å². The maximum Gasteiger partial charge on any atom is 0.416 e. The average Bonchev–Trinajstić information content (AvgIpc) is 2.64. The summed E-state index contributed by atoms with van der Waals surface area (Å²) in [6, 6.07) is 0.990. The molecule has 4 N–H and O–H groups in total. The first kappa shape index (κ1) is 22.1. The van der Waals surface area contributed by atoms with E-state index in [1.807, 2.05) is 0 Å². The molecule has 0 radical (unpaired) electrons. The zero-order chi connectivity index (χ0) is 21.8. The summed E-state index contributed by atoms with van der Waals surface area (Å²) < 4.78 is 48.2. The molecule has 1 heterocycles. The molecule has 29 heavy (non-hydrogen) atoms. The lowest BCUT2D eigenvalue weighted by atomic mass is 10.0. The van der Waals surface area contributed by atoms with E-state index in [-0.39, 0.29) is 23.4 Å². The number of urea groups is 1. The summed E-state index contributed by atoms with van der Waals surface area (Å²) in [6.45, 7) is 2.95. The molecule has 0 saturated heterocycles. The van der Waals surface area contributed by atoms with Gasteiger partial charge in [-0.1, -0.05) is 6.92 Å². The molecule has 1 aliphatic rings. The third-order valence-electron chi connectivity index (χ3n) is 4.09. The molecule has 2 amide bonds. The fourth-order valence-corrected chi connectivity index (χ4v) is 2.72. The van der Waals surface area contributed by atoms with E-state index in [4.69, 9.17) is 15.2 Å². The second-order valence-corrected chi connectivity index (χ2v) is 6.05. The van der Waals surface area contributed by atoms with Crippen molar-refractivity contribution in [3.63, 3.8) is 0 Å². The summed E-state index contributed by atoms with van der Waals surface area (Å²) in [5.74, 6) is -1.69. The number of anilines is 1. The Morgan fingerprint density at radius 1 is 1.17 bits per heavy atom. The highest BCUT2D eigenvalue weighted by Crippen LogP contribution is 2.31. The van der Waals surface area contributed by atoms with Crippen molar-refractivity contribution >= 4 is 23.7 Å². The molecule has 1 aromatic carbocycles. The number of carbonyl (C=O) groups excluding carboxylic acids is 3. The van der Waals surface area contributed by atoms with Crippen LogP contribution in [0.3, 0.4) is 0 Å². The van der Waals surface area contributed by atoms with Gasteiger partial charge in [-0.15, -0.1) is 0 Å². The molecule has 1 aromatic rings. The van der Waals surface area contributed by atoms with Crippen LogP contribution in [0.1, 0.15) is 36.2 Å². The number of carbonyl (C=O) groups is 3. The minimum atomic E-state index is -4.61. The number of alkyl halides is 3. The minimum Gasteiger partial charge on any atom is -0.463 e. The number of nitrogen functional groups attached to an aromatic ring is 1. The Hall–Kier alpha value is -3.24. The van der Waals surface area contributed by atoms with Crippen LogP contribution in [0.5, 0.6) is 0 Å². The Bertz CT molecular complexity index is 852. The summed E-state index contributed by atoms with van der Waals surface area (Å²) in [6.07, 6.45) is -4.23. The number of esters is 2. The third-order valence-corrected chi connectivity index (χ3v) is 4.09. The summed E-state index contributed by atoms with van der Waals surface area (Å²) in [7, 11) is 0. The predicted molar refractivity (Wildman–Crippen MR) is 95.5 cm³/mol. The molecule has 11 heteroatoms. The first-order valence-electron chi connectivity index (χ1n) is 8.69. The number of ether oxygens (including phenoxy) is 2. The van der Waals surface area contributed by atoms with Gasteiger partial charge in [0.2, 0.25) is 0 Å². The molecule has 0 aliphatic carbocycles. The number of benzene rings is 1. The van der Waals surface area contributed by atoms with Crippen LogP contribution in [0.15, 0.2) is 29.5 Å². The Morgan fingerprint density at radius 2 is 1.86 bits per heavy atom. The van der Waals surface area contributed by atoms with E-state index < -0.39 is 48.0 Å². The molecule has 1 aliphatic heterocycles. The standard InChI is InChI=1S/C18H20F3N3O5/c1-3-12-14(16(26)28-4-2)13(24-17(27)23-12)8-29-15(25)10-6-5-9(7-11(10)22)18(19,20)21/h5-7,12H,3-4,8,22H2,1-2H3,(H2,23,24,27)/t12-/m0/s1. The molecule has 2 rings (SSSR count). The number of nitrogens with two attached hydrogens (primary N) is 1. The molecule has 0 bridgehead atoms. The fourth-order valence-electron chi connectivity index (χ4n) is 2.72. The van der Waals surface area contributed by atoms with E-state index in [1.165, 1.54) is 0 Å². The number of nitrogens with one attached hydrogen (secondary N) is 2. The maximum atomic E-state index is 12.7. The number of hydrogen-bond acceptors (Lipinski definition) is 6.